The summed E-state index contributed by atoms with van der Waals surface area (Å²) >= 11 is 0. The van der Waals surface area contributed by atoms with Crippen LogP contribution in [0.15, 0.2) is 4.99 Å². The summed E-state index contributed by atoms with van der Waals surface area (Å²) in [6, 6.07) is -0.766. The number of hydrogen-bond donors (Lipinski definition) is 2. The number of aliphatic imine (C=N–C) groups is 1. The number of aliphatic carboxylic acids is 1. The van der Waals surface area contributed by atoms with Crippen LogP contribution in [0.2, 0.25) is 0 Å². The van der Waals surface area contributed by atoms with Crippen molar-refractivity contribution >= 4 is 18.0 Å². The maximum atomic E-state index is 11.3. The zero-order chi connectivity index (χ0) is 12.8. The molecule has 0 fully saturated rings. The Labute approximate surface area is 93.7 Å². The Morgan fingerprint density at radius 3 is 2.38 bits per heavy atom. The first kappa shape index (κ1) is 14.5. The van der Waals surface area contributed by atoms with E-state index in [1.807, 2.05) is 20.8 Å². The molecule has 1 atom stereocenters. The van der Waals surface area contributed by atoms with Gasteiger partial charge in [-0.05, 0) is 27.2 Å². The summed E-state index contributed by atoms with van der Waals surface area (Å²) in [5.41, 5.74) is -0.364. The van der Waals surface area contributed by atoms with Crippen LogP contribution in [0.25, 0.3) is 0 Å². The van der Waals surface area contributed by atoms with Crippen LogP contribution >= 0.6 is 0 Å². The average molecular weight is 228 g/mol. The van der Waals surface area contributed by atoms with Crippen molar-refractivity contribution in [3.05, 3.63) is 0 Å². The molecule has 0 saturated heterocycles. The van der Waals surface area contributed by atoms with Crippen LogP contribution in [0.4, 0.5) is 0 Å². The van der Waals surface area contributed by atoms with Crippen molar-refractivity contribution in [3.8, 4) is 0 Å². The minimum atomic E-state index is -0.997. The zero-order valence-corrected chi connectivity index (χ0v) is 9.61. The van der Waals surface area contributed by atoms with Gasteiger partial charge in [0.2, 0.25) is 6.08 Å². The third-order valence-corrected chi connectivity index (χ3v) is 1.71. The summed E-state index contributed by atoms with van der Waals surface area (Å²) in [5, 5.41) is 11.4. The van der Waals surface area contributed by atoms with E-state index in [9.17, 15) is 14.4 Å². The summed E-state index contributed by atoms with van der Waals surface area (Å²) in [7, 11) is 0. The Morgan fingerprint density at radius 2 is 2.00 bits per heavy atom. The van der Waals surface area contributed by atoms with Crippen LogP contribution in [0.1, 0.15) is 33.6 Å². The second-order valence-electron chi connectivity index (χ2n) is 4.42. The summed E-state index contributed by atoms with van der Waals surface area (Å²) in [6.45, 7) is 5.50. The second kappa shape index (κ2) is 6.15. The lowest BCUT2D eigenvalue weighted by Crippen LogP contribution is -2.47. The summed E-state index contributed by atoms with van der Waals surface area (Å²) < 4.78 is 0. The van der Waals surface area contributed by atoms with Crippen molar-refractivity contribution < 1.29 is 19.5 Å². The van der Waals surface area contributed by atoms with Gasteiger partial charge >= 0.3 is 5.97 Å². The Balaban J connectivity index is 4.56. The topological polar surface area (TPSA) is 95.8 Å². The Morgan fingerprint density at radius 1 is 1.44 bits per heavy atom. The summed E-state index contributed by atoms with van der Waals surface area (Å²) in [5.74, 6) is -1.69. The van der Waals surface area contributed by atoms with Gasteiger partial charge in [-0.2, -0.15) is 0 Å². The number of nitrogens with one attached hydrogen (secondary N) is 1. The number of carboxylic acid groups (broad SMARTS) is 1. The normalized spacial score (nSPS) is 12.7. The first-order valence-corrected chi connectivity index (χ1v) is 4.87. The van der Waals surface area contributed by atoms with Gasteiger partial charge in [-0.25, -0.2) is 4.79 Å². The lowest BCUT2D eigenvalue weighted by molar-refractivity contribution is -0.137. The van der Waals surface area contributed by atoms with E-state index in [0.29, 0.717) is 0 Å². The van der Waals surface area contributed by atoms with Crippen molar-refractivity contribution in [2.75, 3.05) is 0 Å². The smallest absolute Gasteiger partial charge is 0.303 e. The molecule has 0 aromatic rings. The summed E-state index contributed by atoms with van der Waals surface area (Å²) in [6.07, 6.45) is 1.09. The molecule has 6 heteroatoms. The number of nitrogens with zero attached hydrogens (tertiary/aromatic N) is 1. The van der Waals surface area contributed by atoms with E-state index in [-0.39, 0.29) is 18.4 Å². The molecule has 0 rings (SSSR count). The van der Waals surface area contributed by atoms with E-state index >= 15 is 0 Å². The van der Waals surface area contributed by atoms with Gasteiger partial charge in [-0.1, -0.05) is 0 Å². The standard InChI is InChI=1S/C10H16N2O4/c1-10(2,3)12-7(4-5-8(14)15)9(16)11-6-13/h7,12H,4-5H2,1-3H3,(H,14,15)/t7-/m0/s1. The van der Waals surface area contributed by atoms with Gasteiger partial charge in [-0.3, -0.25) is 9.59 Å². The van der Waals surface area contributed by atoms with Gasteiger partial charge in [0, 0.05) is 12.0 Å². The molecule has 2 N–H and O–H groups in total. The van der Waals surface area contributed by atoms with Crippen LogP contribution < -0.4 is 5.32 Å². The van der Waals surface area contributed by atoms with E-state index in [1.54, 1.807) is 0 Å². The molecule has 0 aliphatic heterocycles. The third kappa shape index (κ3) is 6.86. The van der Waals surface area contributed by atoms with Gasteiger partial charge in [0.05, 0.1) is 6.04 Å². The molecule has 0 unspecified atom stereocenters. The maximum Gasteiger partial charge on any atom is 0.303 e. The molecule has 0 aliphatic carbocycles. The zero-order valence-electron chi connectivity index (χ0n) is 9.61. The lowest BCUT2D eigenvalue weighted by atomic mass is 10.0. The molecule has 0 radical (unpaired) electrons. The Kier molecular flexibility index (Phi) is 5.56. The average Bonchev–Trinajstić information content (AvgIpc) is 2.10. The van der Waals surface area contributed by atoms with E-state index in [0.717, 1.165) is 6.08 Å². The SMILES string of the molecule is CC(C)(C)N[C@@H](CCC(=O)O)C(=O)N=C=O. The number of carboxylic acids is 1. The molecule has 0 aliphatic rings. The molecule has 0 heterocycles. The quantitative estimate of drug-likeness (QED) is 0.526. The number of amides is 1. The Hall–Kier alpha value is -1.52. The minimum Gasteiger partial charge on any atom is -0.481 e. The van der Waals surface area contributed by atoms with Crippen LogP contribution in [-0.2, 0) is 14.4 Å². The van der Waals surface area contributed by atoms with Gasteiger partial charge in [0.25, 0.3) is 5.91 Å². The summed E-state index contributed by atoms with van der Waals surface area (Å²) in [4.78, 5) is 34.7. The number of isocyanates is 1. The molecule has 90 valence electrons. The fourth-order valence-corrected chi connectivity index (χ4v) is 1.17. The van der Waals surface area contributed by atoms with Gasteiger partial charge in [-0.15, -0.1) is 4.99 Å². The molecule has 0 aromatic heterocycles. The highest BCUT2D eigenvalue weighted by atomic mass is 16.4. The molecule has 1 amide bonds. The first-order chi connectivity index (χ1) is 7.26. The van der Waals surface area contributed by atoms with Crippen LogP contribution in [0.3, 0.4) is 0 Å². The third-order valence-electron chi connectivity index (χ3n) is 1.71. The fraction of sp³-hybridized carbons (Fsp3) is 0.700. The molecular weight excluding hydrogens is 212 g/mol. The molecule has 0 bridgehead atoms. The number of hydrogen-bond acceptors (Lipinski definition) is 4. The lowest BCUT2D eigenvalue weighted by Gasteiger charge is -2.25. The van der Waals surface area contributed by atoms with Crippen molar-refractivity contribution in [1.82, 2.24) is 5.32 Å². The maximum absolute atomic E-state index is 11.3. The van der Waals surface area contributed by atoms with E-state index in [4.69, 9.17) is 5.11 Å². The fourth-order valence-electron chi connectivity index (χ4n) is 1.17. The van der Waals surface area contributed by atoms with Crippen LogP contribution in [0, 0.1) is 0 Å². The monoisotopic (exact) mass is 228 g/mol. The van der Waals surface area contributed by atoms with Crippen molar-refractivity contribution in [2.45, 2.75) is 45.2 Å². The van der Waals surface area contributed by atoms with E-state index < -0.39 is 17.9 Å². The molecule has 6 nitrogen and oxygen atoms in total. The minimum absolute atomic E-state index is 0.0939. The largest absolute Gasteiger partial charge is 0.481 e. The molecule has 0 saturated carbocycles. The van der Waals surface area contributed by atoms with E-state index in [2.05, 4.69) is 10.3 Å². The predicted molar refractivity (Wildman–Crippen MR) is 56.7 cm³/mol. The highest BCUT2D eigenvalue weighted by Crippen LogP contribution is 2.07. The first-order valence-electron chi connectivity index (χ1n) is 4.87. The Bertz CT molecular complexity index is 313. The van der Waals surface area contributed by atoms with Crippen LogP contribution in [0.5, 0.6) is 0 Å². The number of rotatable bonds is 5. The number of carbonyl (C=O) groups is 2. The number of carbonyl (C=O) groups excluding carboxylic acids is 2. The molecular formula is C10H16N2O4. The highest BCUT2D eigenvalue weighted by molar-refractivity contribution is 5.86. The van der Waals surface area contributed by atoms with Crippen molar-refractivity contribution in [2.24, 2.45) is 4.99 Å². The van der Waals surface area contributed by atoms with Crippen LogP contribution in [-0.4, -0.2) is 34.6 Å². The van der Waals surface area contributed by atoms with Gasteiger partial charge in [0.1, 0.15) is 0 Å². The van der Waals surface area contributed by atoms with E-state index in [1.165, 1.54) is 0 Å². The molecule has 0 spiro atoms. The van der Waals surface area contributed by atoms with Crippen molar-refractivity contribution in [1.29, 1.82) is 0 Å². The highest BCUT2D eigenvalue weighted by Gasteiger charge is 2.24. The van der Waals surface area contributed by atoms with Gasteiger partial charge in [0.15, 0.2) is 0 Å². The molecule has 16 heavy (non-hydrogen) atoms. The predicted octanol–water partition coefficient (Wildman–Crippen LogP) is 0.470. The van der Waals surface area contributed by atoms with Crippen molar-refractivity contribution in [3.63, 3.8) is 0 Å². The molecule has 0 aromatic carbocycles. The van der Waals surface area contributed by atoms with Gasteiger partial charge < -0.3 is 10.4 Å². The second-order valence-corrected chi connectivity index (χ2v) is 4.42.